The number of halogens is 2. The van der Waals surface area contributed by atoms with Gasteiger partial charge in [-0.15, -0.1) is 0 Å². The van der Waals surface area contributed by atoms with Crippen LogP contribution in [0.1, 0.15) is 18.4 Å². The fraction of sp³-hybridized carbons (Fsp3) is 0.462. The molecule has 0 aromatic heterocycles. The van der Waals surface area contributed by atoms with Gasteiger partial charge in [0.25, 0.3) is 0 Å². The Balaban J connectivity index is 2.07. The minimum absolute atomic E-state index is 0.0614. The van der Waals surface area contributed by atoms with Crippen LogP contribution >= 0.6 is 0 Å². The van der Waals surface area contributed by atoms with Crippen LogP contribution in [0.25, 0.3) is 0 Å². The topological polar surface area (TPSA) is 46.3 Å². The Labute approximate surface area is 105 Å². The van der Waals surface area contributed by atoms with Crippen molar-refractivity contribution in [1.82, 2.24) is 4.90 Å². The zero-order chi connectivity index (χ0) is 13.3. The van der Waals surface area contributed by atoms with Crippen molar-refractivity contribution >= 4 is 5.91 Å². The Kier molecular flexibility index (Phi) is 3.34. The summed E-state index contributed by atoms with van der Waals surface area (Å²) in [5.41, 5.74) is 5.45. The summed E-state index contributed by atoms with van der Waals surface area (Å²) in [4.78, 5) is 13.5. The molecule has 2 rings (SSSR count). The number of rotatable bonds is 4. The summed E-state index contributed by atoms with van der Waals surface area (Å²) >= 11 is 0. The van der Waals surface area contributed by atoms with Crippen LogP contribution in [0.5, 0.6) is 0 Å². The van der Waals surface area contributed by atoms with E-state index in [1.807, 2.05) is 0 Å². The minimum atomic E-state index is -0.632. The summed E-state index contributed by atoms with van der Waals surface area (Å²) in [6.45, 7) is 0.453. The van der Waals surface area contributed by atoms with Crippen LogP contribution in [-0.2, 0) is 11.3 Å². The van der Waals surface area contributed by atoms with E-state index in [-0.39, 0.29) is 12.5 Å². The van der Waals surface area contributed by atoms with Gasteiger partial charge in [-0.05, 0) is 18.9 Å². The van der Waals surface area contributed by atoms with Crippen molar-refractivity contribution < 1.29 is 13.6 Å². The molecule has 0 atom stereocenters. The average molecular weight is 254 g/mol. The lowest BCUT2D eigenvalue weighted by molar-refractivity contribution is -0.135. The molecular weight excluding hydrogens is 238 g/mol. The van der Waals surface area contributed by atoms with Crippen LogP contribution in [0.3, 0.4) is 0 Å². The highest BCUT2D eigenvalue weighted by Crippen LogP contribution is 2.46. The highest BCUT2D eigenvalue weighted by molar-refractivity contribution is 5.85. The number of carbonyl (C=O) groups excluding carboxylic acids is 1. The van der Waals surface area contributed by atoms with Crippen molar-refractivity contribution in [2.24, 2.45) is 11.1 Å². The largest absolute Gasteiger partial charge is 0.341 e. The van der Waals surface area contributed by atoms with Crippen molar-refractivity contribution in [2.45, 2.75) is 19.4 Å². The van der Waals surface area contributed by atoms with E-state index in [1.165, 1.54) is 17.0 Å². The Morgan fingerprint density at radius 2 is 2.11 bits per heavy atom. The molecule has 1 amide bonds. The van der Waals surface area contributed by atoms with E-state index in [1.54, 1.807) is 7.05 Å². The molecule has 2 N–H and O–H groups in total. The SMILES string of the molecule is CN(Cc1ccc(F)cc1F)C(=O)C1(CN)CC1. The van der Waals surface area contributed by atoms with Crippen LogP contribution in [0.15, 0.2) is 18.2 Å². The Bertz CT molecular complexity index is 472. The molecule has 18 heavy (non-hydrogen) atoms. The Morgan fingerprint density at radius 1 is 1.44 bits per heavy atom. The van der Waals surface area contributed by atoms with Crippen LogP contribution in [-0.4, -0.2) is 24.4 Å². The third-order valence-corrected chi connectivity index (χ3v) is 3.47. The maximum Gasteiger partial charge on any atom is 0.230 e. The second-order valence-electron chi connectivity index (χ2n) is 4.88. The highest BCUT2D eigenvalue weighted by atomic mass is 19.1. The van der Waals surface area contributed by atoms with Gasteiger partial charge in [0.15, 0.2) is 0 Å². The Morgan fingerprint density at radius 3 is 2.61 bits per heavy atom. The molecule has 0 saturated heterocycles. The molecule has 1 aromatic carbocycles. The Hall–Kier alpha value is -1.49. The predicted molar refractivity (Wildman–Crippen MR) is 63.6 cm³/mol. The molecule has 1 aromatic rings. The molecule has 0 spiro atoms. The monoisotopic (exact) mass is 254 g/mol. The lowest BCUT2D eigenvalue weighted by atomic mass is 10.1. The lowest BCUT2D eigenvalue weighted by Crippen LogP contribution is -2.37. The second-order valence-corrected chi connectivity index (χ2v) is 4.88. The predicted octanol–water partition coefficient (Wildman–Crippen LogP) is 1.66. The van der Waals surface area contributed by atoms with E-state index >= 15 is 0 Å². The highest BCUT2D eigenvalue weighted by Gasteiger charge is 2.49. The summed E-state index contributed by atoms with van der Waals surface area (Å²) in [5.74, 6) is -1.31. The number of hydrogen-bond acceptors (Lipinski definition) is 2. The second kappa shape index (κ2) is 4.65. The van der Waals surface area contributed by atoms with E-state index in [2.05, 4.69) is 0 Å². The van der Waals surface area contributed by atoms with Gasteiger partial charge in [-0.3, -0.25) is 4.79 Å². The van der Waals surface area contributed by atoms with Crippen molar-refractivity contribution in [2.75, 3.05) is 13.6 Å². The van der Waals surface area contributed by atoms with Crippen LogP contribution in [0.4, 0.5) is 8.78 Å². The summed E-state index contributed by atoms with van der Waals surface area (Å²) in [7, 11) is 1.61. The normalized spacial score (nSPS) is 16.4. The van der Waals surface area contributed by atoms with Gasteiger partial charge in [0.2, 0.25) is 5.91 Å². The van der Waals surface area contributed by atoms with Gasteiger partial charge in [0.05, 0.1) is 5.41 Å². The first kappa shape index (κ1) is 13.0. The molecule has 1 aliphatic carbocycles. The van der Waals surface area contributed by atoms with Gasteiger partial charge in [-0.1, -0.05) is 6.07 Å². The van der Waals surface area contributed by atoms with Gasteiger partial charge in [-0.2, -0.15) is 0 Å². The first-order valence-electron chi connectivity index (χ1n) is 5.88. The van der Waals surface area contributed by atoms with Crippen molar-refractivity contribution in [3.05, 3.63) is 35.4 Å². The summed E-state index contributed by atoms with van der Waals surface area (Å²) < 4.78 is 26.2. The van der Waals surface area contributed by atoms with Crippen molar-refractivity contribution in [3.63, 3.8) is 0 Å². The maximum absolute atomic E-state index is 13.5. The van der Waals surface area contributed by atoms with E-state index in [4.69, 9.17) is 5.73 Å². The van der Waals surface area contributed by atoms with Crippen LogP contribution in [0, 0.1) is 17.0 Å². The maximum atomic E-state index is 13.5. The van der Waals surface area contributed by atoms with Gasteiger partial charge in [0, 0.05) is 31.8 Å². The van der Waals surface area contributed by atoms with Crippen molar-refractivity contribution in [1.29, 1.82) is 0 Å². The van der Waals surface area contributed by atoms with Gasteiger partial charge in [0.1, 0.15) is 11.6 Å². The molecule has 1 fully saturated rings. The number of benzene rings is 1. The number of nitrogens with two attached hydrogens (primary N) is 1. The first-order valence-corrected chi connectivity index (χ1v) is 5.88. The lowest BCUT2D eigenvalue weighted by Gasteiger charge is -2.22. The number of nitrogens with zero attached hydrogens (tertiary/aromatic N) is 1. The molecule has 98 valence electrons. The van der Waals surface area contributed by atoms with Crippen LogP contribution in [0.2, 0.25) is 0 Å². The summed E-state index contributed by atoms with van der Waals surface area (Å²) in [6.07, 6.45) is 1.58. The molecule has 0 unspecified atom stereocenters. The van der Waals surface area contributed by atoms with Gasteiger partial charge >= 0.3 is 0 Å². The van der Waals surface area contributed by atoms with Gasteiger partial charge in [-0.25, -0.2) is 8.78 Å². The minimum Gasteiger partial charge on any atom is -0.341 e. The summed E-state index contributed by atoms with van der Waals surface area (Å²) in [5, 5.41) is 0. The molecule has 0 bridgehead atoms. The molecule has 5 heteroatoms. The first-order chi connectivity index (χ1) is 8.48. The third-order valence-electron chi connectivity index (χ3n) is 3.47. The fourth-order valence-electron chi connectivity index (χ4n) is 2.04. The fourth-order valence-corrected chi connectivity index (χ4v) is 2.04. The van der Waals surface area contributed by atoms with Crippen LogP contribution < -0.4 is 5.73 Å². The van der Waals surface area contributed by atoms with E-state index in [0.29, 0.717) is 12.1 Å². The standard InChI is InChI=1S/C13H16F2N2O/c1-17(12(18)13(8-16)4-5-13)7-9-2-3-10(14)6-11(9)15/h2-3,6H,4-5,7-8,16H2,1H3. The van der Waals surface area contributed by atoms with E-state index in [9.17, 15) is 13.6 Å². The number of carbonyl (C=O) groups is 1. The third kappa shape index (κ3) is 2.36. The summed E-state index contributed by atoms with van der Waals surface area (Å²) in [6, 6.07) is 3.37. The quantitative estimate of drug-likeness (QED) is 0.888. The smallest absolute Gasteiger partial charge is 0.230 e. The van der Waals surface area contributed by atoms with E-state index < -0.39 is 17.0 Å². The van der Waals surface area contributed by atoms with Gasteiger partial charge < -0.3 is 10.6 Å². The van der Waals surface area contributed by atoms with Crippen molar-refractivity contribution in [3.8, 4) is 0 Å². The molecule has 1 saturated carbocycles. The molecule has 0 heterocycles. The zero-order valence-electron chi connectivity index (χ0n) is 10.2. The molecule has 0 radical (unpaired) electrons. The zero-order valence-corrected chi connectivity index (χ0v) is 10.2. The molecule has 1 aliphatic rings. The number of amides is 1. The molecule has 0 aliphatic heterocycles. The average Bonchev–Trinajstić information content (AvgIpc) is 3.12. The van der Waals surface area contributed by atoms with E-state index in [0.717, 1.165) is 18.9 Å². The molecular formula is C13H16F2N2O. The number of hydrogen-bond donors (Lipinski definition) is 1. The molecule has 3 nitrogen and oxygen atoms in total.